The van der Waals surface area contributed by atoms with E-state index in [1.807, 2.05) is 0 Å². The fraction of sp³-hybridized carbons (Fsp3) is 0.500. The third kappa shape index (κ3) is 5.47. The Balaban J connectivity index is 1.60. The number of aryl methyl sites for hydroxylation is 1. The zero-order chi connectivity index (χ0) is 13.5. The molecule has 2 heterocycles. The molecule has 0 fully saturated rings. The lowest BCUT2D eigenvalue weighted by Crippen LogP contribution is -2.29. The Labute approximate surface area is 126 Å². The number of hydrogen-bond acceptors (Lipinski definition) is 3. The van der Waals surface area contributed by atoms with Gasteiger partial charge < -0.3 is 10.6 Å². The molecule has 0 spiro atoms. The van der Waals surface area contributed by atoms with Gasteiger partial charge in [0.15, 0.2) is 0 Å². The Hall–Kier alpha value is -0.650. The van der Waals surface area contributed by atoms with Gasteiger partial charge in [-0.3, -0.25) is 4.79 Å². The molecule has 0 saturated carbocycles. The van der Waals surface area contributed by atoms with E-state index in [9.17, 15) is 4.79 Å². The average Bonchev–Trinajstić information content (AvgIpc) is 2.83. The predicted molar refractivity (Wildman–Crippen MR) is 83.5 cm³/mol. The van der Waals surface area contributed by atoms with E-state index < -0.39 is 0 Å². The Morgan fingerprint density at radius 2 is 2.37 bits per heavy atom. The highest BCUT2D eigenvalue weighted by Crippen LogP contribution is 2.23. The smallest absolute Gasteiger partial charge is 0.220 e. The number of hydrogen-bond donors (Lipinski definition) is 2. The third-order valence-electron chi connectivity index (χ3n) is 3.13. The largest absolute Gasteiger partial charge is 0.352 e. The van der Waals surface area contributed by atoms with Crippen LogP contribution < -0.4 is 10.6 Å². The van der Waals surface area contributed by atoms with E-state index in [1.54, 1.807) is 11.3 Å². The van der Waals surface area contributed by atoms with Crippen LogP contribution in [0.4, 0.5) is 0 Å². The number of thiophene rings is 1. The molecule has 3 nitrogen and oxygen atoms in total. The molecule has 0 aliphatic carbocycles. The Bertz CT molecular complexity index is 456. The lowest BCUT2D eigenvalue weighted by atomic mass is 10.1. The van der Waals surface area contributed by atoms with Crippen molar-refractivity contribution in [2.45, 2.75) is 25.7 Å². The van der Waals surface area contributed by atoms with Crippen molar-refractivity contribution in [1.82, 2.24) is 10.6 Å². The van der Waals surface area contributed by atoms with E-state index >= 15 is 0 Å². The molecular weight excluding hydrogens is 324 g/mol. The van der Waals surface area contributed by atoms with Crippen molar-refractivity contribution in [3.8, 4) is 0 Å². The predicted octanol–water partition coefficient (Wildman–Crippen LogP) is 2.87. The SMILES string of the molecule is O=C(CCCc1ccc(Br)s1)NCC1=CCNCC1. The summed E-state index contributed by atoms with van der Waals surface area (Å²) in [4.78, 5) is 13.1. The minimum atomic E-state index is 0.162. The Morgan fingerprint density at radius 1 is 1.47 bits per heavy atom. The molecular formula is C14H19BrN2OS. The van der Waals surface area contributed by atoms with Crippen molar-refractivity contribution in [2.24, 2.45) is 0 Å². The molecule has 0 unspecified atom stereocenters. The van der Waals surface area contributed by atoms with Crippen LogP contribution in [0.15, 0.2) is 27.6 Å². The molecule has 1 aliphatic rings. The van der Waals surface area contributed by atoms with Crippen LogP contribution in [0.5, 0.6) is 0 Å². The summed E-state index contributed by atoms with van der Waals surface area (Å²) in [5.74, 6) is 0.162. The maximum absolute atomic E-state index is 11.7. The maximum Gasteiger partial charge on any atom is 0.220 e. The van der Waals surface area contributed by atoms with Crippen molar-refractivity contribution in [3.05, 3.63) is 32.4 Å². The molecule has 1 amide bonds. The van der Waals surface area contributed by atoms with Gasteiger partial charge in [-0.05, 0) is 53.9 Å². The minimum absolute atomic E-state index is 0.162. The van der Waals surface area contributed by atoms with Gasteiger partial charge in [-0.15, -0.1) is 11.3 Å². The molecule has 5 heteroatoms. The van der Waals surface area contributed by atoms with Crippen LogP contribution in [-0.4, -0.2) is 25.5 Å². The van der Waals surface area contributed by atoms with Crippen LogP contribution in [0, 0.1) is 0 Å². The van der Waals surface area contributed by atoms with E-state index in [-0.39, 0.29) is 5.91 Å². The average molecular weight is 343 g/mol. The molecule has 1 aromatic rings. The number of halogens is 1. The van der Waals surface area contributed by atoms with Crippen LogP contribution in [0.1, 0.15) is 24.1 Å². The first-order valence-electron chi connectivity index (χ1n) is 6.63. The molecule has 1 aliphatic heterocycles. The number of nitrogens with one attached hydrogen (secondary N) is 2. The van der Waals surface area contributed by atoms with Gasteiger partial charge in [0.2, 0.25) is 5.91 Å². The van der Waals surface area contributed by atoms with Gasteiger partial charge in [-0.2, -0.15) is 0 Å². The molecule has 104 valence electrons. The number of carbonyl (C=O) groups excluding carboxylic acids is 1. The summed E-state index contributed by atoms with van der Waals surface area (Å²) in [7, 11) is 0. The van der Waals surface area contributed by atoms with E-state index in [2.05, 4.69) is 44.8 Å². The maximum atomic E-state index is 11.7. The summed E-state index contributed by atoms with van der Waals surface area (Å²) < 4.78 is 1.16. The first-order valence-corrected chi connectivity index (χ1v) is 8.24. The fourth-order valence-electron chi connectivity index (χ4n) is 2.04. The van der Waals surface area contributed by atoms with Crippen molar-refractivity contribution >= 4 is 33.2 Å². The lowest BCUT2D eigenvalue weighted by molar-refractivity contribution is -0.121. The molecule has 0 saturated heterocycles. The van der Waals surface area contributed by atoms with E-state index in [4.69, 9.17) is 0 Å². The highest BCUT2D eigenvalue weighted by Gasteiger charge is 2.06. The molecule has 2 rings (SSSR count). The van der Waals surface area contributed by atoms with Gasteiger partial charge in [-0.25, -0.2) is 0 Å². The zero-order valence-electron chi connectivity index (χ0n) is 10.9. The standard InChI is InChI=1S/C14H19BrN2OS/c15-13-5-4-12(19-13)2-1-3-14(18)17-10-11-6-8-16-9-7-11/h4-6,16H,1-3,7-10H2,(H,17,18). The second-order valence-electron chi connectivity index (χ2n) is 4.65. The van der Waals surface area contributed by atoms with Gasteiger partial charge >= 0.3 is 0 Å². The highest BCUT2D eigenvalue weighted by molar-refractivity contribution is 9.11. The minimum Gasteiger partial charge on any atom is -0.352 e. The van der Waals surface area contributed by atoms with Crippen molar-refractivity contribution < 1.29 is 4.79 Å². The topological polar surface area (TPSA) is 41.1 Å². The van der Waals surface area contributed by atoms with Crippen molar-refractivity contribution in [3.63, 3.8) is 0 Å². The van der Waals surface area contributed by atoms with Crippen LogP contribution in [-0.2, 0) is 11.2 Å². The van der Waals surface area contributed by atoms with E-state index in [0.717, 1.165) is 36.1 Å². The van der Waals surface area contributed by atoms with Crippen LogP contribution in [0.25, 0.3) is 0 Å². The monoisotopic (exact) mass is 342 g/mol. The molecule has 0 atom stereocenters. The normalized spacial score (nSPS) is 15.1. The first kappa shape index (κ1) is 14.8. The van der Waals surface area contributed by atoms with Gasteiger partial charge in [0.1, 0.15) is 0 Å². The molecule has 19 heavy (non-hydrogen) atoms. The summed E-state index contributed by atoms with van der Waals surface area (Å²) in [6.45, 7) is 2.67. The summed E-state index contributed by atoms with van der Waals surface area (Å²) in [6, 6.07) is 4.18. The van der Waals surface area contributed by atoms with E-state index in [0.29, 0.717) is 13.0 Å². The molecule has 1 aromatic heterocycles. The van der Waals surface area contributed by atoms with E-state index in [1.165, 1.54) is 10.5 Å². The molecule has 0 aromatic carbocycles. The molecule has 0 radical (unpaired) electrons. The van der Waals surface area contributed by atoms with Gasteiger partial charge in [0.05, 0.1) is 3.79 Å². The van der Waals surface area contributed by atoms with Crippen molar-refractivity contribution in [1.29, 1.82) is 0 Å². The number of carbonyl (C=O) groups is 1. The van der Waals surface area contributed by atoms with Gasteiger partial charge in [-0.1, -0.05) is 11.6 Å². The summed E-state index contributed by atoms with van der Waals surface area (Å²) in [5, 5.41) is 6.27. The van der Waals surface area contributed by atoms with Gasteiger partial charge in [0, 0.05) is 24.4 Å². The first-order chi connectivity index (χ1) is 9.24. The van der Waals surface area contributed by atoms with Crippen LogP contribution in [0.2, 0.25) is 0 Å². The highest BCUT2D eigenvalue weighted by atomic mass is 79.9. The molecule has 2 N–H and O–H groups in total. The zero-order valence-corrected chi connectivity index (χ0v) is 13.3. The second kappa shape index (κ2) is 7.82. The molecule has 0 bridgehead atoms. The fourth-order valence-corrected chi connectivity index (χ4v) is 3.56. The summed E-state index contributed by atoms with van der Waals surface area (Å²) in [6.07, 6.45) is 5.73. The Kier molecular flexibility index (Phi) is 6.07. The lowest BCUT2D eigenvalue weighted by Gasteiger charge is -2.14. The summed E-state index contributed by atoms with van der Waals surface area (Å²) in [5.41, 5.74) is 1.34. The Morgan fingerprint density at radius 3 is 3.05 bits per heavy atom. The number of rotatable bonds is 6. The van der Waals surface area contributed by atoms with Crippen LogP contribution in [0.3, 0.4) is 0 Å². The van der Waals surface area contributed by atoms with Crippen LogP contribution >= 0.6 is 27.3 Å². The summed E-state index contributed by atoms with van der Waals surface area (Å²) >= 11 is 5.19. The van der Waals surface area contributed by atoms with Crippen molar-refractivity contribution in [2.75, 3.05) is 19.6 Å². The third-order valence-corrected chi connectivity index (χ3v) is 4.81. The second-order valence-corrected chi connectivity index (χ2v) is 7.20. The number of amides is 1. The quantitative estimate of drug-likeness (QED) is 0.780. The van der Waals surface area contributed by atoms with Gasteiger partial charge in [0.25, 0.3) is 0 Å².